The minimum absolute atomic E-state index is 0.0136. The number of fused-ring (bicyclic) bond motifs is 6. The molecule has 2 fully saturated rings. The van der Waals surface area contributed by atoms with Crippen LogP contribution in [-0.2, 0) is 62.5 Å². The Morgan fingerprint density at radius 3 is 1.49 bits per heavy atom. The Morgan fingerprint density at radius 2 is 1.06 bits per heavy atom. The molecule has 7 aromatic rings. The fraction of sp³-hybridized carbons (Fsp3) is 0.296. The predicted molar refractivity (Wildman–Crippen MR) is 394 cm³/mol. The smallest absolute Gasteiger partial charge is 0.479 e. The third-order valence-corrected chi connectivity index (χ3v) is 20.0. The van der Waals surface area contributed by atoms with Crippen molar-refractivity contribution in [3.8, 4) is 39.5 Å². The topological polar surface area (TPSA) is 522 Å². The van der Waals surface area contributed by atoms with Crippen LogP contribution >= 0.6 is 45.7 Å². The highest BCUT2D eigenvalue weighted by molar-refractivity contribution is 8.20. The normalized spacial score (nSPS) is 20.1. The number of anilines is 1. The molecule has 0 spiro atoms. The van der Waals surface area contributed by atoms with E-state index in [9.17, 15) is 84.2 Å². The molecular formula is C71H73ClN6O27P4. The number of nitro benzene ring substituents is 1. The number of non-ortho nitro benzene ring substituents is 1. The minimum Gasteiger partial charge on any atom is -0.479 e. The summed E-state index contributed by atoms with van der Waals surface area (Å²) in [6.45, 7) is -0.163. The van der Waals surface area contributed by atoms with Crippen LogP contribution in [0.2, 0.25) is 0 Å². The van der Waals surface area contributed by atoms with Crippen molar-refractivity contribution in [2.24, 2.45) is 4.52 Å². The molecule has 2 aliphatic carbocycles. The van der Waals surface area contributed by atoms with Gasteiger partial charge < -0.3 is 100 Å². The van der Waals surface area contributed by atoms with Crippen LogP contribution in [0.5, 0.6) is 17.2 Å². The van der Waals surface area contributed by atoms with Crippen molar-refractivity contribution >= 4 is 104 Å². The van der Waals surface area contributed by atoms with Gasteiger partial charge in [0.1, 0.15) is 79.5 Å². The van der Waals surface area contributed by atoms with E-state index in [4.69, 9.17) is 70.6 Å². The molecule has 2 heterocycles. The molecule has 2 unspecified atom stereocenters. The molecule has 7 aromatic carbocycles. The van der Waals surface area contributed by atoms with Gasteiger partial charge in [-0.2, -0.15) is 0 Å². The maximum Gasteiger partial charge on any atom is 0.514 e. The molecule has 33 nitrogen and oxygen atoms in total. The Balaban J connectivity index is 0.000000229. The van der Waals surface area contributed by atoms with Gasteiger partial charge in [-0.3, -0.25) is 29.7 Å². The van der Waals surface area contributed by atoms with Crippen molar-refractivity contribution in [1.29, 1.82) is 5.16 Å². The van der Waals surface area contributed by atoms with Crippen molar-refractivity contribution in [1.82, 2.24) is 10.6 Å². The number of aliphatic hydroxyl groups excluding tert-OH is 7. The van der Waals surface area contributed by atoms with Crippen LogP contribution < -0.4 is 30.6 Å². The number of rotatable bonds is 26. The number of nitro groups is 1. The molecule has 2 amide bonds. The number of carboxylic acids is 2. The number of amides is 2. The fourth-order valence-corrected chi connectivity index (χ4v) is 14.0. The zero-order valence-corrected chi connectivity index (χ0v) is 61.7. The quantitative estimate of drug-likeness (QED) is 0.00352. The number of carboxylic acid groups (broad SMARTS) is 2. The second kappa shape index (κ2) is 41.0. The van der Waals surface area contributed by atoms with Gasteiger partial charge in [0.15, 0.2) is 12.2 Å². The van der Waals surface area contributed by atoms with Gasteiger partial charge in [0.05, 0.1) is 25.6 Å². The number of benzene rings is 7. The number of nitrogens with zero attached hydrogens (tertiary/aromatic N) is 2. The molecule has 14 N–H and O–H groups in total. The largest absolute Gasteiger partial charge is 0.514 e. The van der Waals surface area contributed by atoms with Gasteiger partial charge in [0.25, 0.3) is 5.69 Å². The lowest BCUT2D eigenvalue weighted by molar-refractivity contribution is -0.384. The Morgan fingerprint density at radius 1 is 0.606 bits per heavy atom. The first kappa shape index (κ1) is 84.7. The number of aliphatic carboxylic acids is 2. The third kappa shape index (κ3) is 23.3. The van der Waals surface area contributed by atoms with E-state index in [1.54, 1.807) is 0 Å². The summed E-state index contributed by atoms with van der Waals surface area (Å²) in [4.78, 5) is 104. The maximum absolute atomic E-state index is 13.2. The number of carbonyl (C=O) groups excluding carboxylic acids is 6. The molecule has 109 heavy (non-hydrogen) atoms. The molecule has 0 radical (unpaired) electrons. The van der Waals surface area contributed by atoms with E-state index in [1.807, 2.05) is 72.8 Å². The van der Waals surface area contributed by atoms with Crippen LogP contribution in [0, 0.1) is 15.3 Å². The Bertz CT molecular complexity index is 4360. The van der Waals surface area contributed by atoms with E-state index in [2.05, 4.69) is 48.8 Å². The van der Waals surface area contributed by atoms with E-state index in [-0.39, 0.29) is 118 Å². The summed E-state index contributed by atoms with van der Waals surface area (Å²) in [5.74, 6) is -3.65. The van der Waals surface area contributed by atoms with Crippen LogP contribution in [0.3, 0.4) is 0 Å². The highest BCUT2D eigenvalue weighted by Crippen LogP contribution is 2.46. The number of nitrogens with one attached hydrogen (secondary N) is 3. The van der Waals surface area contributed by atoms with Crippen LogP contribution in [0.15, 0.2) is 162 Å². The lowest BCUT2D eigenvalue weighted by Gasteiger charge is -2.38. The molecule has 11 rings (SSSR count). The number of Topliss-reactive ketones (excluding diaryl/α,β-unsaturated/α-hetero) is 1. The molecule has 0 saturated carbocycles. The van der Waals surface area contributed by atoms with Crippen molar-refractivity contribution in [3.05, 3.63) is 207 Å². The summed E-state index contributed by atoms with van der Waals surface area (Å²) in [5, 5.41) is 109. The van der Waals surface area contributed by atoms with E-state index in [0.717, 1.165) is 45.5 Å². The standard InChI is InChI=1S/C39H36N2O15.C18H16ClNO3.C13H17NO8.CH4N2OP4/c42-24(15-16-40-38(48)52-20-30-28-7-3-1-5-26(28)27-6-2-4-8-29(27)30)18-22-17-21(19-53-39(49)54-25-12-10-23(11-13-25)41(50)51)9-14-31(22)55-37-34(45)32(43)33(44)35(56-37)36(46)47;19-17(21)9-10-20-18(22)23-11-16-14-7-3-1-5-12(14)13-6-2-4-8-15(13)16;14-6-3-5(4-15)1-2-7(6)21-13-10(18)8(16)9(17)11(22-13)12(19)20;2-8-7-1(4)6-3-5/h1-14,17,30,32-35,37,43-45H,15-16,18-20H2,(H,40,48)(H,46,47);1-8,16H,9-11H2,(H,20,22);1-3,8-11,13,15-18H,4,14H2,(H,19,20);2,7H,5H2/t32-,33-,34+,35-,37-;;8-,9-,10+,11-,13-;/m0.0./s1. The number of aliphatic hydroxyl groups is 7. The first-order chi connectivity index (χ1) is 52.2. The number of hydrogen-bond acceptors (Lipinski definition) is 28. The number of carbonyl (C=O) groups is 8. The SMILES string of the molecule is N=PPC(=O)P=NP.Nc1cc(CO)ccc1O[C@H]1O[C@H](C(=O)O)[C@@H](O)[C@H](O)[C@H]1O.O=C(CCNC(=O)OCC1c2ccccc2-c2ccccc21)Cc1cc(COC(=O)Oc2ccc([N+](=O)[O-])cc2)ccc1O[C@H]1O[C@H](C(=O)O)[C@@H](O)[C@H](O)[C@H]1O.O=C(Cl)CCNC(=O)OCC1c2ccccc2-c2ccccc21. The zero-order valence-electron chi connectivity index (χ0n) is 57.0. The van der Waals surface area contributed by atoms with Crippen LogP contribution in [0.25, 0.3) is 22.3 Å². The summed E-state index contributed by atoms with van der Waals surface area (Å²) in [7, 11) is 3.04. The fourth-order valence-electron chi connectivity index (χ4n) is 11.5. The number of nitrogen functional groups attached to an aromatic ring is 1. The minimum atomic E-state index is -1.96. The predicted octanol–water partition coefficient (Wildman–Crippen LogP) is 8.66. The molecule has 4 aliphatic rings. The number of ketones is 1. The number of nitrogens with two attached hydrogens (primary N) is 1. The molecule has 576 valence electrons. The highest BCUT2D eigenvalue weighted by Gasteiger charge is 2.50. The number of alkyl carbamates (subject to hydrolysis) is 2. The Kier molecular flexibility index (Phi) is 31.9. The lowest BCUT2D eigenvalue weighted by Crippen LogP contribution is -2.61. The molecule has 0 aromatic heterocycles. The first-order valence-corrected chi connectivity index (χ1v) is 37.2. The molecule has 38 heteroatoms. The second-order valence-electron chi connectivity index (χ2n) is 23.9. The third-order valence-electron chi connectivity index (χ3n) is 16.7. The average Bonchev–Trinajstić information content (AvgIpc) is 1.64. The highest BCUT2D eigenvalue weighted by atomic mass is 35.5. The van der Waals surface area contributed by atoms with Crippen molar-refractivity contribution in [3.63, 3.8) is 0 Å². The average molecular weight is 1600 g/mol. The van der Waals surface area contributed by atoms with Crippen LogP contribution in [0.1, 0.15) is 63.6 Å². The van der Waals surface area contributed by atoms with Crippen molar-refractivity contribution < 1.29 is 127 Å². The summed E-state index contributed by atoms with van der Waals surface area (Å²) in [6.07, 6.45) is -20.8. The van der Waals surface area contributed by atoms with Gasteiger partial charge in [0.2, 0.25) is 23.1 Å². The van der Waals surface area contributed by atoms with Gasteiger partial charge in [-0.15, -0.1) is 0 Å². The summed E-state index contributed by atoms with van der Waals surface area (Å²) in [6, 6.07) is 45.3. The van der Waals surface area contributed by atoms with Crippen LogP contribution in [-0.4, -0.2) is 185 Å². The molecule has 2 saturated heterocycles. The first-order valence-electron chi connectivity index (χ1n) is 32.8. The summed E-state index contributed by atoms with van der Waals surface area (Å²) in [5.41, 5.74) is 15.6. The molecule has 12 atom stereocenters. The second-order valence-corrected chi connectivity index (χ2v) is 28.5. The van der Waals surface area contributed by atoms with Gasteiger partial charge in [-0.25, -0.2) is 28.5 Å². The maximum atomic E-state index is 13.2. The van der Waals surface area contributed by atoms with Crippen LogP contribution in [0.4, 0.5) is 30.6 Å². The monoisotopic (exact) mass is 1600 g/mol. The van der Waals surface area contributed by atoms with Gasteiger partial charge in [-0.05, 0) is 113 Å². The Labute approximate surface area is 632 Å². The van der Waals surface area contributed by atoms with Crippen molar-refractivity contribution in [2.45, 2.75) is 106 Å². The Hall–Kier alpha value is -9.91. The van der Waals surface area contributed by atoms with E-state index in [1.165, 1.54) is 59.7 Å². The molecule has 0 bridgehead atoms. The summed E-state index contributed by atoms with van der Waals surface area (Å²) < 4.78 is 45.8. The molecule has 2 aliphatic heterocycles. The van der Waals surface area contributed by atoms with Gasteiger partial charge in [-0.1, -0.05) is 109 Å². The van der Waals surface area contributed by atoms with E-state index >= 15 is 0 Å². The summed E-state index contributed by atoms with van der Waals surface area (Å²) >= 11 is 5.22. The number of hydrogen-bond donors (Lipinski definition) is 13. The lowest BCUT2D eigenvalue weighted by atomic mass is 9.98. The molecular weight excluding hydrogens is 1530 g/mol. The van der Waals surface area contributed by atoms with Gasteiger partial charge in [0, 0.05) is 78.2 Å². The van der Waals surface area contributed by atoms with Gasteiger partial charge >= 0.3 is 30.3 Å². The number of ether oxygens (including phenoxy) is 8. The van der Waals surface area contributed by atoms with Crippen molar-refractivity contribution in [2.75, 3.05) is 32.0 Å². The number of halogens is 1. The zero-order chi connectivity index (χ0) is 79.0. The van der Waals surface area contributed by atoms with E-state index < -0.39 is 108 Å². The van der Waals surface area contributed by atoms with E-state index in [0.29, 0.717) is 27.6 Å².